The molecule has 0 saturated carbocycles. The standard InChI is InChI=1S/C16H11ClN2/c1-3-15-9-18-16-11(2)8-13(10-19(15)16)12-4-6-14(17)7-5-12/h1,4-10H,2H3. The molecule has 0 saturated heterocycles. The normalized spacial score (nSPS) is 10.6. The summed E-state index contributed by atoms with van der Waals surface area (Å²) in [5.41, 5.74) is 4.94. The van der Waals surface area contributed by atoms with Gasteiger partial charge in [-0.1, -0.05) is 29.7 Å². The van der Waals surface area contributed by atoms with Crippen LogP contribution in [0.15, 0.2) is 42.7 Å². The molecule has 0 amide bonds. The Morgan fingerprint density at radius 3 is 2.63 bits per heavy atom. The predicted molar refractivity (Wildman–Crippen MR) is 78.3 cm³/mol. The molecule has 3 heteroatoms. The van der Waals surface area contributed by atoms with Gasteiger partial charge in [0, 0.05) is 11.2 Å². The Morgan fingerprint density at radius 1 is 1.21 bits per heavy atom. The Hall–Kier alpha value is -2.24. The third-order valence-corrected chi connectivity index (χ3v) is 3.37. The maximum atomic E-state index is 5.91. The van der Waals surface area contributed by atoms with E-state index < -0.39 is 0 Å². The summed E-state index contributed by atoms with van der Waals surface area (Å²) in [5, 5.41) is 0.730. The van der Waals surface area contributed by atoms with Crippen LogP contribution in [0.5, 0.6) is 0 Å². The zero-order valence-electron chi connectivity index (χ0n) is 10.4. The molecule has 1 aromatic carbocycles. The fourth-order valence-electron chi connectivity index (χ4n) is 2.16. The van der Waals surface area contributed by atoms with Crippen LogP contribution >= 0.6 is 11.6 Å². The maximum absolute atomic E-state index is 5.91. The molecule has 0 aliphatic rings. The summed E-state index contributed by atoms with van der Waals surface area (Å²) in [6.45, 7) is 2.03. The van der Waals surface area contributed by atoms with E-state index in [0.29, 0.717) is 0 Å². The highest BCUT2D eigenvalue weighted by Gasteiger charge is 2.07. The first-order valence-electron chi connectivity index (χ1n) is 5.89. The first kappa shape index (κ1) is 11.8. The Morgan fingerprint density at radius 2 is 1.95 bits per heavy atom. The van der Waals surface area contributed by atoms with Crippen molar-refractivity contribution in [1.29, 1.82) is 0 Å². The van der Waals surface area contributed by atoms with Crippen molar-refractivity contribution >= 4 is 17.2 Å². The maximum Gasteiger partial charge on any atom is 0.140 e. The van der Waals surface area contributed by atoms with Crippen LogP contribution in [0.25, 0.3) is 16.8 Å². The molecule has 0 fully saturated rings. The van der Waals surface area contributed by atoms with E-state index in [0.717, 1.165) is 33.1 Å². The Kier molecular flexibility index (Phi) is 2.77. The molecular weight excluding hydrogens is 256 g/mol. The summed E-state index contributed by atoms with van der Waals surface area (Å²) in [6.07, 6.45) is 9.21. The minimum Gasteiger partial charge on any atom is -0.292 e. The van der Waals surface area contributed by atoms with Crippen molar-refractivity contribution in [2.45, 2.75) is 6.92 Å². The summed E-state index contributed by atoms with van der Waals surface area (Å²) in [4.78, 5) is 4.34. The zero-order valence-corrected chi connectivity index (χ0v) is 11.1. The number of benzene rings is 1. The van der Waals surface area contributed by atoms with Gasteiger partial charge in [0.2, 0.25) is 0 Å². The SMILES string of the molecule is C#Cc1cnc2c(C)cc(-c3ccc(Cl)cc3)cn12. The van der Waals surface area contributed by atoms with Crippen molar-refractivity contribution in [3.8, 4) is 23.5 Å². The summed E-state index contributed by atoms with van der Waals surface area (Å²) in [6, 6.07) is 9.86. The second-order valence-electron chi connectivity index (χ2n) is 4.40. The summed E-state index contributed by atoms with van der Waals surface area (Å²) in [7, 11) is 0. The van der Waals surface area contributed by atoms with Crippen LogP contribution < -0.4 is 0 Å². The summed E-state index contributed by atoms with van der Waals surface area (Å²) >= 11 is 5.91. The van der Waals surface area contributed by atoms with E-state index >= 15 is 0 Å². The second kappa shape index (κ2) is 4.46. The van der Waals surface area contributed by atoms with Crippen LogP contribution in [0.4, 0.5) is 0 Å². The third kappa shape index (κ3) is 1.99. The van der Waals surface area contributed by atoms with Crippen molar-refractivity contribution in [3.05, 3.63) is 59.0 Å². The fourth-order valence-corrected chi connectivity index (χ4v) is 2.29. The molecule has 0 bridgehead atoms. The topological polar surface area (TPSA) is 17.3 Å². The smallest absolute Gasteiger partial charge is 0.140 e. The van der Waals surface area contributed by atoms with Crippen LogP contribution in [0.3, 0.4) is 0 Å². The van der Waals surface area contributed by atoms with Crippen LogP contribution in [-0.2, 0) is 0 Å². The highest BCUT2D eigenvalue weighted by molar-refractivity contribution is 6.30. The number of aromatic nitrogens is 2. The van der Waals surface area contributed by atoms with E-state index in [1.165, 1.54) is 0 Å². The quantitative estimate of drug-likeness (QED) is 0.610. The molecule has 92 valence electrons. The number of aryl methyl sites for hydroxylation is 1. The molecule has 2 aromatic heterocycles. The molecule has 0 aliphatic carbocycles. The van der Waals surface area contributed by atoms with Crippen LogP contribution in [0, 0.1) is 19.3 Å². The molecule has 0 radical (unpaired) electrons. The van der Waals surface area contributed by atoms with Gasteiger partial charge in [-0.2, -0.15) is 0 Å². The number of hydrogen-bond donors (Lipinski definition) is 0. The van der Waals surface area contributed by atoms with Crippen molar-refractivity contribution in [2.75, 3.05) is 0 Å². The lowest BCUT2D eigenvalue weighted by Crippen LogP contribution is -1.92. The Balaban J connectivity index is 2.25. The molecular formula is C16H11ClN2. The van der Waals surface area contributed by atoms with Gasteiger partial charge in [-0.15, -0.1) is 6.42 Å². The lowest BCUT2D eigenvalue weighted by Gasteiger charge is -2.06. The number of rotatable bonds is 1. The van der Waals surface area contributed by atoms with Crippen molar-refractivity contribution < 1.29 is 0 Å². The predicted octanol–water partition coefficient (Wildman–Crippen LogP) is 3.94. The summed E-state index contributed by atoms with van der Waals surface area (Å²) in [5.74, 6) is 2.64. The number of terminal acetylenes is 1. The summed E-state index contributed by atoms with van der Waals surface area (Å²) < 4.78 is 1.94. The van der Waals surface area contributed by atoms with E-state index in [9.17, 15) is 0 Å². The van der Waals surface area contributed by atoms with Crippen molar-refractivity contribution in [1.82, 2.24) is 9.38 Å². The highest BCUT2D eigenvalue weighted by Crippen LogP contribution is 2.24. The lowest BCUT2D eigenvalue weighted by molar-refractivity contribution is 1.15. The Bertz CT molecular complexity index is 792. The molecule has 0 spiro atoms. The van der Waals surface area contributed by atoms with E-state index in [4.69, 9.17) is 18.0 Å². The van der Waals surface area contributed by atoms with Crippen molar-refractivity contribution in [2.24, 2.45) is 0 Å². The van der Waals surface area contributed by atoms with Gasteiger partial charge in [0.15, 0.2) is 0 Å². The molecule has 0 aliphatic heterocycles. The van der Waals surface area contributed by atoms with Gasteiger partial charge in [0.1, 0.15) is 11.3 Å². The number of hydrogen-bond acceptors (Lipinski definition) is 1. The monoisotopic (exact) mass is 266 g/mol. The number of fused-ring (bicyclic) bond motifs is 1. The minimum absolute atomic E-state index is 0.730. The number of imidazole rings is 1. The third-order valence-electron chi connectivity index (χ3n) is 3.12. The number of nitrogens with zero attached hydrogens (tertiary/aromatic N) is 2. The van der Waals surface area contributed by atoms with Crippen LogP contribution in [0.1, 0.15) is 11.3 Å². The first-order valence-corrected chi connectivity index (χ1v) is 6.27. The molecule has 0 unspecified atom stereocenters. The van der Waals surface area contributed by atoms with Gasteiger partial charge in [-0.25, -0.2) is 4.98 Å². The largest absolute Gasteiger partial charge is 0.292 e. The molecule has 3 aromatic rings. The van der Waals surface area contributed by atoms with Gasteiger partial charge in [0.05, 0.1) is 6.20 Å². The second-order valence-corrected chi connectivity index (χ2v) is 4.84. The zero-order chi connectivity index (χ0) is 13.4. The van der Waals surface area contributed by atoms with E-state index in [1.54, 1.807) is 6.20 Å². The molecule has 19 heavy (non-hydrogen) atoms. The van der Waals surface area contributed by atoms with E-state index in [-0.39, 0.29) is 0 Å². The highest BCUT2D eigenvalue weighted by atomic mass is 35.5. The molecule has 0 atom stereocenters. The molecule has 2 heterocycles. The molecule has 2 nitrogen and oxygen atoms in total. The van der Waals surface area contributed by atoms with Crippen molar-refractivity contribution in [3.63, 3.8) is 0 Å². The number of pyridine rings is 1. The van der Waals surface area contributed by atoms with Gasteiger partial charge in [-0.05, 0) is 41.8 Å². The fraction of sp³-hybridized carbons (Fsp3) is 0.0625. The van der Waals surface area contributed by atoms with Gasteiger partial charge >= 0.3 is 0 Å². The van der Waals surface area contributed by atoms with Gasteiger partial charge < -0.3 is 0 Å². The number of halogens is 1. The molecule has 0 N–H and O–H groups in total. The molecule has 3 rings (SSSR count). The van der Waals surface area contributed by atoms with Crippen LogP contribution in [0.2, 0.25) is 5.02 Å². The average molecular weight is 267 g/mol. The van der Waals surface area contributed by atoms with E-state index in [2.05, 4.69) is 17.0 Å². The first-order chi connectivity index (χ1) is 9.19. The van der Waals surface area contributed by atoms with E-state index in [1.807, 2.05) is 41.8 Å². The van der Waals surface area contributed by atoms with Gasteiger partial charge in [-0.3, -0.25) is 4.40 Å². The Labute approximate surface area is 116 Å². The average Bonchev–Trinajstić information content (AvgIpc) is 2.83. The van der Waals surface area contributed by atoms with Crippen LogP contribution in [-0.4, -0.2) is 9.38 Å². The minimum atomic E-state index is 0.730. The lowest BCUT2D eigenvalue weighted by atomic mass is 10.1. The van der Waals surface area contributed by atoms with Gasteiger partial charge in [0.25, 0.3) is 0 Å².